The van der Waals surface area contributed by atoms with E-state index < -0.39 is 5.25 Å². The van der Waals surface area contributed by atoms with Crippen LogP contribution in [0.3, 0.4) is 0 Å². The van der Waals surface area contributed by atoms with Gasteiger partial charge in [0.05, 0.1) is 5.25 Å². The molecule has 4 aliphatic carbocycles. The number of imide groups is 1. The smallest absolute Gasteiger partial charge is 0.321 e. The van der Waals surface area contributed by atoms with Crippen molar-refractivity contribution in [2.75, 3.05) is 0 Å². The van der Waals surface area contributed by atoms with Crippen molar-refractivity contribution in [1.82, 2.24) is 25.8 Å². The van der Waals surface area contributed by atoms with Gasteiger partial charge in [0.2, 0.25) is 5.91 Å². The molecule has 0 aliphatic heterocycles. The van der Waals surface area contributed by atoms with Crippen molar-refractivity contribution in [3.63, 3.8) is 0 Å². The number of aromatic amines is 1. The molecule has 5 rings (SSSR count). The molecule has 130 valence electrons. The molecule has 0 saturated heterocycles. The molecule has 4 saturated carbocycles. The van der Waals surface area contributed by atoms with Crippen molar-refractivity contribution in [3.8, 4) is 0 Å². The summed E-state index contributed by atoms with van der Waals surface area (Å²) in [6.07, 6.45) is 8.59. The summed E-state index contributed by atoms with van der Waals surface area (Å²) >= 11 is 1.25. The van der Waals surface area contributed by atoms with Gasteiger partial charge in [-0.3, -0.25) is 15.2 Å². The Morgan fingerprint density at radius 3 is 2.42 bits per heavy atom. The highest BCUT2D eigenvalue weighted by Gasteiger charge is 2.51. The first-order valence-corrected chi connectivity index (χ1v) is 9.54. The number of nitrogens with zero attached hydrogens (tertiary/aromatic N) is 2. The van der Waals surface area contributed by atoms with Crippen LogP contribution in [0.25, 0.3) is 0 Å². The van der Waals surface area contributed by atoms with E-state index in [4.69, 9.17) is 0 Å². The first kappa shape index (κ1) is 15.9. The summed E-state index contributed by atoms with van der Waals surface area (Å²) in [5, 5.41) is 12.3. The molecule has 0 unspecified atom stereocenters. The Morgan fingerprint density at radius 2 is 1.88 bits per heavy atom. The lowest BCUT2D eigenvalue weighted by molar-refractivity contribution is -0.119. The monoisotopic (exact) mass is 349 g/mol. The van der Waals surface area contributed by atoms with E-state index in [1.165, 1.54) is 37.4 Å². The zero-order valence-electron chi connectivity index (χ0n) is 13.7. The van der Waals surface area contributed by atoms with Gasteiger partial charge in [-0.25, -0.2) is 9.78 Å². The standard InChI is InChI=1S/C16H23N5O2S/c1-9(24-15-17-8-18-21-15)13(22)19-14(23)20-16-5-10-2-11(6-16)4-12(3-10)7-16/h8-12H,2-7H2,1H3,(H,17,18,21)(H2,19,20,22,23)/t9-,10?,11?,12?,16?/m1/s1. The molecule has 1 aromatic heterocycles. The van der Waals surface area contributed by atoms with Crippen LogP contribution >= 0.6 is 11.8 Å². The van der Waals surface area contributed by atoms with E-state index >= 15 is 0 Å². The number of rotatable bonds is 4. The SMILES string of the molecule is C[C@@H](Sc1ncn[nH]1)C(=O)NC(=O)NC12CC3CC(CC(C3)C1)C2. The molecule has 0 radical (unpaired) electrons. The van der Waals surface area contributed by atoms with Crippen molar-refractivity contribution >= 4 is 23.7 Å². The lowest BCUT2D eigenvalue weighted by atomic mass is 9.53. The largest absolute Gasteiger partial charge is 0.332 e. The van der Waals surface area contributed by atoms with Crippen LogP contribution in [0.2, 0.25) is 0 Å². The Morgan fingerprint density at radius 1 is 1.25 bits per heavy atom. The average Bonchev–Trinajstić information content (AvgIpc) is 2.97. The van der Waals surface area contributed by atoms with Gasteiger partial charge in [-0.15, -0.1) is 0 Å². The van der Waals surface area contributed by atoms with Gasteiger partial charge in [0.15, 0.2) is 5.16 Å². The maximum Gasteiger partial charge on any atom is 0.321 e. The fourth-order valence-electron chi connectivity index (χ4n) is 5.22. The molecular weight excluding hydrogens is 326 g/mol. The molecule has 4 bridgehead atoms. The predicted molar refractivity (Wildman–Crippen MR) is 89.3 cm³/mol. The van der Waals surface area contributed by atoms with Crippen LogP contribution in [0, 0.1) is 17.8 Å². The molecule has 1 atom stereocenters. The first-order valence-electron chi connectivity index (χ1n) is 8.66. The normalized spacial score (nSPS) is 34.8. The van der Waals surface area contributed by atoms with E-state index in [0.29, 0.717) is 5.16 Å². The molecule has 7 nitrogen and oxygen atoms in total. The van der Waals surface area contributed by atoms with Gasteiger partial charge in [-0.05, 0) is 63.2 Å². The van der Waals surface area contributed by atoms with Gasteiger partial charge < -0.3 is 5.32 Å². The molecule has 3 amide bonds. The Hall–Kier alpha value is -1.57. The third kappa shape index (κ3) is 3.16. The third-order valence-corrected chi connectivity index (χ3v) is 6.69. The second kappa shape index (κ2) is 6.06. The highest BCUT2D eigenvalue weighted by atomic mass is 32.2. The van der Waals surface area contributed by atoms with E-state index in [1.54, 1.807) is 6.92 Å². The average molecular weight is 349 g/mol. The Bertz CT molecular complexity index is 597. The summed E-state index contributed by atoms with van der Waals surface area (Å²) < 4.78 is 0. The van der Waals surface area contributed by atoms with Gasteiger partial charge in [0.25, 0.3) is 0 Å². The van der Waals surface area contributed by atoms with Crippen LogP contribution in [0.5, 0.6) is 0 Å². The summed E-state index contributed by atoms with van der Waals surface area (Å²) in [7, 11) is 0. The minimum atomic E-state index is -0.417. The molecule has 3 N–H and O–H groups in total. The minimum absolute atomic E-state index is 0.0829. The van der Waals surface area contributed by atoms with Crippen molar-refractivity contribution < 1.29 is 9.59 Å². The molecule has 4 fully saturated rings. The van der Waals surface area contributed by atoms with Crippen LogP contribution in [0.15, 0.2) is 11.5 Å². The van der Waals surface area contributed by atoms with Crippen molar-refractivity contribution in [3.05, 3.63) is 6.33 Å². The van der Waals surface area contributed by atoms with Gasteiger partial charge in [0.1, 0.15) is 6.33 Å². The number of thioether (sulfide) groups is 1. The van der Waals surface area contributed by atoms with Gasteiger partial charge >= 0.3 is 6.03 Å². The lowest BCUT2D eigenvalue weighted by Gasteiger charge is -2.56. The van der Waals surface area contributed by atoms with Gasteiger partial charge in [-0.1, -0.05) is 11.8 Å². The maximum absolute atomic E-state index is 12.4. The van der Waals surface area contributed by atoms with Crippen LogP contribution in [-0.2, 0) is 4.79 Å². The number of hydrogen-bond donors (Lipinski definition) is 3. The van der Waals surface area contributed by atoms with Crippen LogP contribution in [-0.4, -0.2) is 37.9 Å². The lowest BCUT2D eigenvalue weighted by Crippen LogP contribution is -2.62. The molecule has 1 aromatic rings. The maximum atomic E-state index is 12.4. The van der Waals surface area contributed by atoms with Crippen LogP contribution in [0.4, 0.5) is 4.79 Å². The van der Waals surface area contributed by atoms with Crippen LogP contribution < -0.4 is 10.6 Å². The summed E-state index contributed by atoms with van der Waals surface area (Å²) in [6.45, 7) is 1.75. The summed E-state index contributed by atoms with van der Waals surface area (Å²) in [5.41, 5.74) is -0.0829. The van der Waals surface area contributed by atoms with Crippen molar-refractivity contribution in [2.24, 2.45) is 17.8 Å². The molecule has 8 heteroatoms. The fourth-order valence-corrected chi connectivity index (χ4v) is 5.94. The quantitative estimate of drug-likeness (QED) is 0.723. The fraction of sp³-hybridized carbons (Fsp3) is 0.750. The number of H-pyrrole nitrogens is 1. The molecule has 24 heavy (non-hydrogen) atoms. The molecule has 4 aliphatic rings. The van der Waals surface area contributed by atoms with E-state index in [9.17, 15) is 9.59 Å². The number of carbonyl (C=O) groups is 2. The minimum Gasteiger partial charge on any atom is -0.332 e. The predicted octanol–water partition coefficient (Wildman–Crippen LogP) is 2.08. The van der Waals surface area contributed by atoms with Crippen molar-refractivity contribution in [1.29, 1.82) is 0 Å². The van der Waals surface area contributed by atoms with Gasteiger partial charge in [0, 0.05) is 5.54 Å². The highest BCUT2D eigenvalue weighted by molar-refractivity contribution is 8.00. The molecule has 0 aromatic carbocycles. The molecular formula is C16H23N5O2S. The van der Waals surface area contributed by atoms with E-state index in [0.717, 1.165) is 37.0 Å². The third-order valence-electron chi connectivity index (χ3n) is 5.70. The first-order chi connectivity index (χ1) is 11.5. The second-order valence-electron chi connectivity index (χ2n) is 7.69. The Kier molecular flexibility index (Phi) is 4.02. The number of nitrogens with one attached hydrogen (secondary N) is 3. The van der Waals surface area contributed by atoms with Crippen LogP contribution in [0.1, 0.15) is 45.4 Å². The summed E-state index contributed by atoms with van der Waals surface area (Å²) in [5.74, 6) is 1.97. The Labute approximate surface area is 145 Å². The van der Waals surface area contributed by atoms with E-state index in [-0.39, 0.29) is 17.5 Å². The highest BCUT2D eigenvalue weighted by Crippen LogP contribution is 2.55. The van der Waals surface area contributed by atoms with Gasteiger partial charge in [-0.2, -0.15) is 5.10 Å². The van der Waals surface area contributed by atoms with E-state index in [1.807, 2.05) is 0 Å². The second-order valence-corrected chi connectivity index (χ2v) is 9.02. The summed E-state index contributed by atoms with van der Waals surface area (Å²) in [6, 6.07) is -0.355. The summed E-state index contributed by atoms with van der Waals surface area (Å²) in [4.78, 5) is 28.5. The number of urea groups is 1. The zero-order chi connectivity index (χ0) is 16.7. The van der Waals surface area contributed by atoms with E-state index in [2.05, 4.69) is 25.8 Å². The van der Waals surface area contributed by atoms with Crippen molar-refractivity contribution in [2.45, 2.75) is 61.4 Å². The molecule has 0 spiro atoms. The zero-order valence-corrected chi connectivity index (χ0v) is 14.6. The molecule has 1 heterocycles. The topological polar surface area (TPSA) is 99.8 Å². The number of carbonyl (C=O) groups excluding carboxylic acids is 2. The number of hydrogen-bond acceptors (Lipinski definition) is 5. The Balaban J connectivity index is 1.32. The number of aromatic nitrogens is 3. The number of amides is 3.